The quantitative estimate of drug-likeness (QED) is 0.380. The molecular formula is C13H12N4OS. The van der Waals surface area contributed by atoms with Crippen molar-refractivity contribution in [2.24, 2.45) is 5.92 Å². The van der Waals surface area contributed by atoms with Crippen molar-refractivity contribution in [3.05, 3.63) is 35.2 Å². The summed E-state index contributed by atoms with van der Waals surface area (Å²) in [6.07, 6.45) is 1.39. The van der Waals surface area contributed by atoms with Gasteiger partial charge in [0.15, 0.2) is 0 Å². The molecule has 0 spiro atoms. The van der Waals surface area contributed by atoms with Crippen LogP contribution >= 0.6 is 12.2 Å². The van der Waals surface area contributed by atoms with Gasteiger partial charge in [-0.3, -0.25) is 0 Å². The van der Waals surface area contributed by atoms with E-state index in [0.29, 0.717) is 11.4 Å². The Morgan fingerprint density at radius 1 is 1.42 bits per heavy atom. The highest BCUT2D eigenvalue weighted by atomic mass is 32.1. The average molecular weight is 272 g/mol. The van der Waals surface area contributed by atoms with Crippen molar-refractivity contribution in [3.8, 4) is 12.1 Å². The molecule has 6 heteroatoms. The van der Waals surface area contributed by atoms with Crippen LogP contribution in [0, 0.1) is 28.6 Å². The van der Waals surface area contributed by atoms with Gasteiger partial charge in [0.1, 0.15) is 34.3 Å². The molecule has 1 aromatic heterocycles. The van der Waals surface area contributed by atoms with Crippen LogP contribution < -0.4 is 5.32 Å². The van der Waals surface area contributed by atoms with E-state index < -0.39 is 0 Å². The minimum absolute atomic E-state index is 0.0242. The Bertz CT molecular complexity index is 591. The van der Waals surface area contributed by atoms with Gasteiger partial charge in [0.2, 0.25) is 0 Å². The number of anilines is 1. The van der Waals surface area contributed by atoms with Crippen LogP contribution in [0.25, 0.3) is 0 Å². The van der Waals surface area contributed by atoms with Crippen LogP contribution in [0.1, 0.15) is 19.4 Å². The predicted molar refractivity (Wildman–Crippen MR) is 75.3 cm³/mol. The lowest BCUT2D eigenvalue weighted by Gasteiger charge is -2.10. The monoisotopic (exact) mass is 272 g/mol. The topological polar surface area (TPSA) is 92.7 Å². The number of allylic oxidation sites excluding steroid dienone is 1. The summed E-state index contributed by atoms with van der Waals surface area (Å²) in [6.45, 7) is 3.52. The zero-order valence-electron chi connectivity index (χ0n) is 10.5. The number of thiocarbonyl (C=S) groups is 1. The summed E-state index contributed by atoms with van der Waals surface area (Å²) < 4.78 is 0. The number of nitriles is 2. The number of rotatable bonds is 3. The molecule has 96 valence electrons. The van der Waals surface area contributed by atoms with E-state index in [2.05, 4.69) is 10.3 Å². The SMILES string of the molecule is CC(C)C(O)=C(C#N)C(=S)Nc1ccc(C#N)cn1. The molecule has 0 aromatic carbocycles. The van der Waals surface area contributed by atoms with Gasteiger partial charge in [-0.05, 0) is 12.1 Å². The van der Waals surface area contributed by atoms with E-state index in [-0.39, 0.29) is 22.2 Å². The van der Waals surface area contributed by atoms with Crippen molar-refractivity contribution in [3.63, 3.8) is 0 Å². The lowest BCUT2D eigenvalue weighted by molar-refractivity contribution is 0.350. The molecule has 1 heterocycles. The number of aliphatic hydroxyl groups is 1. The molecule has 0 saturated carbocycles. The molecule has 0 bridgehead atoms. The normalized spacial score (nSPS) is 11.2. The Kier molecular flexibility index (Phi) is 4.99. The van der Waals surface area contributed by atoms with E-state index in [4.69, 9.17) is 22.7 Å². The Morgan fingerprint density at radius 2 is 2.11 bits per heavy atom. The van der Waals surface area contributed by atoms with Gasteiger partial charge in [-0.2, -0.15) is 10.5 Å². The fourth-order valence-electron chi connectivity index (χ4n) is 1.23. The summed E-state index contributed by atoms with van der Waals surface area (Å²) in [5.74, 6) is 0.158. The van der Waals surface area contributed by atoms with Crippen molar-refractivity contribution in [2.45, 2.75) is 13.8 Å². The molecule has 5 nitrogen and oxygen atoms in total. The second-order valence-electron chi connectivity index (χ2n) is 4.02. The van der Waals surface area contributed by atoms with Gasteiger partial charge in [0, 0.05) is 12.1 Å². The number of hydrogen-bond donors (Lipinski definition) is 2. The molecule has 0 aliphatic rings. The van der Waals surface area contributed by atoms with Crippen molar-refractivity contribution >= 4 is 23.0 Å². The predicted octanol–water partition coefficient (Wildman–Crippen LogP) is 2.68. The third-order valence-electron chi connectivity index (χ3n) is 2.28. The molecule has 0 radical (unpaired) electrons. The first-order chi connectivity index (χ1) is 8.99. The van der Waals surface area contributed by atoms with E-state index in [1.807, 2.05) is 12.1 Å². The maximum Gasteiger partial charge on any atom is 0.131 e. The Hall–Kier alpha value is -2.44. The first kappa shape index (κ1) is 14.6. The van der Waals surface area contributed by atoms with Gasteiger partial charge in [-0.1, -0.05) is 26.1 Å². The second kappa shape index (κ2) is 6.48. The van der Waals surface area contributed by atoms with Gasteiger partial charge >= 0.3 is 0 Å². The van der Waals surface area contributed by atoms with Crippen LogP contribution in [0.2, 0.25) is 0 Å². The number of nitrogens with one attached hydrogen (secondary N) is 1. The van der Waals surface area contributed by atoms with Crippen LogP contribution in [0.4, 0.5) is 5.82 Å². The van der Waals surface area contributed by atoms with Crippen molar-refractivity contribution in [1.29, 1.82) is 10.5 Å². The molecule has 0 saturated heterocycles. The molecule has 1 rings (SSSR count). The van der Waals surface area contributed by atoms with Crippen LogP contribution in [0.15, 0.2) is 29.7 Å². The molecule has 0 aliphatic carbocycles. The highest BCUT2D eigenvalue weighted by Gasteiger charge is 2.14. The standard InChI is InChI=1S/C13H12N4OS/c1-8(2)12(18)10(6-15)13(19)17-11-4-3-9(5-14)7-16-11/h3-4,7-8,18H,1-2H3,(H,16,17,19). The van der Waals surface area contributed by atoms with E-state index in [1.165, 1.54) is 6.20 Å². The maximum absolute atomic E-state index is 9.78. The average Bonchev–Trinajstić information content (AvgIpc) is 2.40. The molecule has 1 aromatic rings. The lowest BCUT2D eigenvalue weighted by atomic mass is 10.1. The highest BCUT2D eigenvalue weighted by Crippen LogP contribution is 2.14. The van der Waals surface area contributed by atoms with E-state index in [9.17, 15) is 5.11 Å². The Morgan fingerprint density at radius 3 is 2.53 bits per heavy atom. The molecule has 0 fully saturated rings. The number of pyridine rings is 1. The maximum atomic E-state index is 9.78. The first-order valence-corrected chi connectivity index (χ1v) is 5.91. The Labute approximate surface area is 116 Å². The third kappa shape index (κ3) is 3.77. The summed E-state index contributed by atoms with van der Waals surface area (Å²) in [5, 5.41) is 30.2. The second-order valence-corrected chi connectivity index (χ2v) is 4.43. The van der Waals surface area contributed by atoms with Crippen molar-refractivity contribution in [1.82, 2.24) is 4.98 Å². The minimum atomic E-state index is -0.191. The first-order valence-electron chi connectivity index (χ1n) is 5.50. The summed E-state index contributed by atoms with van der Waals surface area (Å²) in [4.78, 5) is 4.08. The van der Waals surface area contributed by atoms with Gasteiger partial charge in [-0.15, -0.1) is 0 Å². The number of aliphatic hydroxyl groups excluding tert-OH is 1. The van der Waals surface area contributed by atoms with Gasteiger partial charge < -0.3 is 10.4 Å². The fraction of sp³-hybridized carbons (Fsp3) is 0.231. The number of nitrogens with zero attached hydrogens (tertiary/aromatic N) is 3. The zero-order chi connectivity index (χ0) is 14.4. The smallest absolute Gasteiger partial charge is 0.131 e. The van der Waals surface area contributed by atoms with Gasteiger partial charge in [-0.25, -0.2) is 4.98 Å². The summed E-state index contributed by atoms with van der Waals surface area (Å²) in [5.41, 5.74) is 0.453. The highest BCUT2D eigenvalue weighted by molar-refractivity contribution is 7.81. The molecule has 0 aliphatic heterocycles. The van der Waals surface area contributed by atoms with E-state index in [1.54, 1.807) is 26.0 Å². The van der Waals surface area contributed by atoms with Crippen LogP contribution in [-0.4, -0.2) is 15.1 Å². The molecule has 0 atom stereocenters. The van der Waals surface area contributed by atoms with Crippen LogP contribution in [0.3, 0.4) is 0 Å². The third-order valence-corrected chi connectivity index (χ3v) is 2.58. The molecule has 0 amide bonds. The van der Waals surface area contributed by atoms with E-state index in [0.717, 1.165) is 0 Å². The minimum Gasteiger partial charge on any atom is -0.511 e. The fourth-order valence-corrected chi connectivity index (χ4v) is 1.48. The number of hydrogen-bond acceptors (Lipinski definition) is 5. The molecular weight excluding hydrogens is 260 g/mol. The largest absolute Gasteiger partial charge is 0.511 e. The van der Waals surface area contributed by atoms with Gasteiger partial charge in [0.25, 0.3) is 0 Å². The molecule has 2 N–H and O–H groups in total. The van der Waals surface area contributed by atoms with Crippen molar-refractivity contribution in [2.75, 3.05) is 5.32 Å². The van der Waals surface area contributed by atoms with Gasteiger partial charge in [0.05, 0.1) is 5.56 Å². The van der Waals surface area contributed by atoms with Crippen molar-refractivity contribution < 1.29 is 5.11 Å². The number of aromatic nitrogens is 1. The Balaban J connectivity index is 2.93. The lowest BCUT2D eigenvalue weighted by Crippen LogP contribution is -2.15. The summed E-state index contributed by atoms with van der Waals surface area (Å²) in [7, 11) is 0. The summed E-state index contributed by atoms with van der Waals surface area (Å²) in [6, 6.07) is 6.98. The van der Waals surface area contributed by atoms with E-state index >= 15 is 0 Å². The zero-order valence-corrected chi connectivity index (χ0v) is 11.3. The molecule has 19 heavy (non-hydrogen) atoms. The van der Waals surface area contributed by atoms with Crippen LogP contribution in [0.5, 0.6) is 0 Å². The summed E-state index contributed by atoms with van der Waals surface area (Å²) >= 11 is 5.06. The van der Waals surface area contributed by atoms with Crippen LogP contribution in [-0.2, 0) is 0 Å². The molecule has 0 unspecified atom stereocenters.